The molecule has 3 N–H and O–H groups in total. The van der Waals surface area contributed by atoms with Gasteiger partial charge in [0, 0.05) is 12.6 Å². The van der Waals surface area contributed by atoms with E-state index >= 15 is 0 Å². The van der Waals surface area contributed by atoms with E-state index in [1.165, 1.54) is 12.8 Å². The Labute approximate surface area is 128 Å². The second kappa shape index (κ2) is 6.90. The maximum atomic E-state index is 12.6. The van der Waals surface area contributed by atoms with Crippen LogP contribution in [0.4, 0.5) is 0 Å². The third-order valence-electron chi connectivity index (χ3n) is 4.51. The maximum Gasteiger partial charge on any atom is 0.240 e. The molecule has 1 saturated carbocycles. The van der Waals surface area contributed by atoms with E-state index in [1.54, 1.807) is 18.2 Å². The quantitative estimate of drug-likeness (QED) is 0.840. The molecule has 2 atom stereocenters. The summed E-state index contributed by atoms with van der Waals surface area (Å²) in [5.41, 5.74) is 7.54. The number of sulfonamides is 1. The molecule has 1 aromatic rings. The van der Waals surface area contributed by atoms with Gasteiger partial charge in [0.1, 0.15) is 0 Å². The second-order valence-electron chi connectivity index (χ2n) is 6.14. The summed E-state index contributed by atoms with van der Waals surface area (Å²) in [7, 11) is -3.45. The Morgan fingerprint density at radius 1 is 1.24 bits per heavy atom. The van der Waals surface area contributed by atoms with E-state index in [0.717, 1.165) is 30.4 Å². The molecule has 0 bridgehead atoms. The monoisotopic (exact) mass is 310 g/mol. The highest BCUT2D eigenvalue weighted by Crippen LogP contribution is 2.25. The zero-order chi connectivity index (χ0) is 15.5. The SMILES string of the molecule is Cc1cc(S(=O)(=O)NC2CCCCCC2C)ccc1CN. The maximum absolute atomic E-state index is 12.6. The van der Waals surface area contributed by atoms with Crippen molar-refractivity contribution in [3.63, 3.8) is 0 Å². The predicted octanol–water partition coefficient (Wildman–Crippen LogP) is 2.70. The van der Waals surface area contributed by atoms with E-state index in [9.17, 15) is 8.42 Å². The van der Waals surface area contributed by atoms with E-state index < -0.39 is 10.0 Å². The van der Waals surface area contributed by atoms with Crippen LogP contribution in [0, 0.1) is 12.8 Å². The fraction of sp³-hybridized carbons (Fsp3) is 0.625. The Bertz CT molecular complexity index is 584. The van der Waals surface area contributed by atoms with E-state index in [4.69, 9.17) is 5.73 Å². The summed E-state index contributed by atoms with van der Waals surface area (Å²) in [6, 6.07) is 5.22. The first-order chi connectivity index (χ1) is 9.94. The van der Waals surface area contributed by atoms with Gasteiger partial charge < -0.3 is 5.73 Å². The van der Waals surface area contributed by atoms with Crippen molar-refractivity contribution in [2.45, 2.75) is 63.4 Å². The highest BCUT2D eigenvalue weighted by molar-refractivity contribution is 7.89. The van der Waals surface area contributed by atoms with Crippen LogP contribution in [0.3, 0.4) is 0 Å². The van der Waals surface area contributed by atoms with Crippen molar-refractivity contribution < 1.29 is 8.42 Å². The first-order valence-corrected chi connectivity index (χ1v) is 9.24. The second-order valence-corrected chi connectivity index (χ2v) is 7.85. The van der Waals surface area contributed by atoms with Crippen molar-refractivity contribution in [3.8, 4) is 0 Å². The lowest BCUT2D eigenvalue weighted by Crippen LogP contribution is -2.38. The van der Waals surface area contributed by atoms with E-state index in [2.05, 4.69) is 11.6 Å². The molecule has 5 heteroatoms. The van der Waals surface area contributed by atoms with Crippen LogP contribution in [0.25, 0.3) is 0 Å². The number of benzene rings is 1. The van der Waals surface area contributed by atoms with Crippen LogP contribution in [0.2, 0.25) is 0 Å². The summed E-state index contributed by atoms with van der Waals surface area (Å²) in [6.45, 7) is 4.47. The molecule has 0 heterocycles. The van der Waals surface area contributed by atoms with Crippen molar-refractivity contribution in [1.29, 1.82) is 0 Å². The minimum atomic E-state index is -3.45. The zero-order valence-corrected chi connectivity index (χ0v) is 13.7. The van der Waals surface area contributed by atoms with Gasteiger partial charge in [0.25, 0.3) is 0 Å². The summed E-state index contributed by atoms with van der Waals surface area (Å²) in [5.74, 6) is 0.395. The molecule has 2 rings (SSSR count). The lowest BCUT2D eigenvalue weighted by atomic mass is 9.98. The van der Waals surface area contributed by atoms with Gasteiger partial charge in [-0.1, -0.05) is 32.3 Å². The topological polar surface area (TPSA) is 72.2 Å². The molecule has 118 valence electrons. The molecule has 1 aliphatic rings. The van der Waals surface area contributed by atoms with E-state index in [0.29, 0.717) is 17.4 Å². The largest absolute Gasteiger partial charge is 0.326 e. The molecule has 0 aliphatic heterocycles. The highest BCUT2D eigenvalue weighted by atomic mass is 32.2. The van der Waals surface area contributed by atoms with Gasteiger partial charge in [0.15, 0.2) is 0 Å². The molecular formula is C16H26N2O2S. The Hall–Kier alpha value is -0.910. The fourth-order valence-electron chi connectivity index (χ4n) is 3.00. The number of rotatable bonds is 4. The Morgan fingerprint density at radius 2 is 1.95 bits per heavy atom. The van der Waals surface area contributed by atoms with E-state index in [1.807, 2.05) is 6.92 Å². The van der Waals surface area contributed by atoms with Gasteiger partial charge in [0.05, 0.1) is 4.90 Å². The minimum Gasteiger partial charge on any atom is -0.326 e. The molecule has 2 unspecified atom stereocenters. The number of nitrogens with two attached hydrogens (primary N) is 1. The third-order valence-corrected chi connectivity index (χ3v) is 6.00. The molecule has 0 amide bonds. The Kier molecular flexibility index (Phi) is 5.41. The van der Waals surface area contributed by atoms with Crippen molar-refractivity contribution in [2.24, 2.45) is 11.7 Å². The molecule has 0 aromatic heterocycles. The van der Waals surface area contributed by atoms with Crippen LogP contribution >= 0.6 is 0 Å². The van der Waals surface area contributed by atoms with Gasteiger partial charge in [-0.05, 0) is 48.9 Å². The van der Waals surface area contributed by atoms with Crippen molar-refractivity contribution in [3.05, 3.63) is 29.3 Å². The smallest absolute Gasteiger partial charge is 0.240 e. The molecule has 1 aromatic carbocycles. The van der Waals surface area contributed by atoms with E-state index in [-0.39, 0.29) is 6.04 Å². The number of hydrogen-bond acceptors (Lipinski definition) is 3. The molecule has 4 nitrogen and oxygen atoms in total. The molecular weight excluding hydrogens is 284 g/mol. The van der Waals surface area contributed by atoms with Crippen molar-refractivity contribution >= 4 is 10.0 Å². The van der Waals surface area contributed by atoms with Crippen molar-refractivity contribution in [1.82, 2.24) is 4.72 Å². The Morgan fingerprint density at radius 3 is 2.62 bits per heavy atom. The number of aryl methyl sites for hydroxylation is 1. The van der Waals surface area contributed by atoms with Gasteiger partial charge in [-0.3, -0.25) is 0 Å². The molecule has 1 fully saturated rings. The minimum absolute atomic E-state index is 0.0481. The van der Waals surface area contributed by atoms with Gasteiger partial charge in [0.2, 0.25) is 10.0 Å². The van der Waals surface area contributed by atoms with Gasteiger partial charge in [-0.2, -0.15) is 0 Å². The summed E-state index contributed by atoms with van der Waals surface area (Å²) in [6.07, 6.45) is 5.53. The molecule has 0 radical (unpaired) electrons. The van der Waals surface area contributed by atoms with Gasteiger partial charge >= 0.3 is 0 Å². The average Bonchev–Trinajstić information content (AvgIpc) is 2.64. The third kappa shape index (κ3) is 4.05. The highest BCUT2D eigenvalue weighted by Gasteiger charge is 2.25. The number of nitrogens with one attached hydrogen (secondary N) is 1. The fourth-order valence-corrected chi connectivity index (χ4v) is 4.46. The molecule has 21 heavy (non-hydrogen) atoms. The molecule has 0 spiro atoms. The molecule has 1 aliphatic carbocycles. The molecule has 0 saturated heterocycles. The summed E-state index contributed by atoms with van der Waals surface area (Å²) in [4.78, 5) is 0.341. The predicted molar refractivity (Wildman–Crippen MR) is 85.4 cm³/mol. The summed E-state index contributed by atoms with van der Waals surface area (Å²) >= 11 is 0. The van der Waals surface area contributed by atoms with Crippen LogP contribution in [0.1, 0.15) is 50.2 Å². The average molecular weight is 310 g/mol. The van der Waals surface area contributed by atoms with Crippen LogP contribution in [0.5, 0.6) is 0 Å². The lowest BCUT2D eigenvalue weighted by molar-refractivity contribution is 0.399. The number of hydrogen-bond donors (Lipinski definition) is 2. The lowest BCUT2D eigenvalue weighted by Gasteiger charge is -2.23. The van der Waals surface area contributed by atoms with Crippen LogP contribution in [0.15, 0.2) is 23.1 Å². The van der Waals surface area contributed by atoms with Gasteiger partial charge in [-0.15, -0.1) is 0 Å². The first-order valence-electron chi connectivity index (χ1n) is 7.76. The van der Waals surface area contributed by atoms with Crippen LogP contribution in [-0.4, -0.2) is 14.5 Å². The van der Waals surface area contributed by atoms with Crippen LogP contribution in [-0.2, 0) is 16.6 Å². The van der Waals surface area contributed by atoms with Crippen LogP contribution < -0.4 is 10.5 Å². The standard InChI is InChI=1S/C16H26N2O2S/c1-12-6-4-3-5-7-16(12)18-21(19,20)15-9-8-14(11-17)13(2)10-15/h8-10,12,16,18H,3-7,11,17H2,1-2H3. The van der Waals surface area contributed by atoms with Crippen molar-refractivity contribution in [2.75, 3.05) is 0 Å². The summed E-state index contributed by atoms with van der Waals surface area (Å²) < 4.78 is 28.0. The Balaban J connectivity index is 2.19. The first kappa shape index (κ1) is 16.5. The van der Waals surface area contributed by atoms with Gasteiger partial charge in [-0.25, -0.2) is 13.1 Å². The summed E-state index contributed by atoms with van der Waals surface area (Å²) in [5, 5.41) is 0. The zero-order valence-electron chi connectivity index (χ0n) is 12.9. The normalized spacial score (nSPS) is 23.8.